The number of rotatable bonds is 3. The monoisotopic (exact) mass is 550 g/mol. The maximum atomic E-state index is 12.0. The van der Waals surface area contributed by atoms with Gasteiger partial charge in [-0.05, 0) is 63.0 Å². The second-order valence-electron chi connectivity index (χ2n) is 8.15. The summed E-state index contributed by atoms with van der Waals surface area (Å²) in [5.74, 6) is 1.58. The third-order valence-electron chi connectivity index (χ3n) is 5.84. The van der Waals surface area contributed by atoms with Gasteiger partial charge in [0.2, 0.25) is 0 Å². The molecule has 6 nitrogen and oxygen atoms in total. The standard InChI is InChI=1S/C17H14O3.C13H10O.K.HO2P/c18-8-9-20-17(19)15-7-3-6-14-10-12-4-1-2-5-13(12)11-16(14)15;1-3-7-12-10(5-1)9-11-6-2-4-8-13(11)14-12;;1-3-2/h1-7,10-11,18H,8-9H2;1-8H,9H2;;(H,1,2)/q;;+1;/p-1. The number of fused-ring (bicyclic) bond motifs is 4. The smallest absolute Gasteiger partial charge is 0.772 e. The summed E-state index contributed by atoms with van der Waals surface area (Å²) in [5.41, 5.74) is 3.07. The van der Waals surface area contributed by atoms with Crippen LogP contribution < -0.4 is 61.0 Å². The van der Waals surface area contributed by atoms with Gasteiger partial charge in [0.05, 0.1) is 20.9 Å². The van der Waals surface area contributed by atoms with E-state index in [2.05, 4.69) is 30.3 Å². The first-order chi connectivity index (χ1) is 18.1. The molecule has 0 spiro atoms. The molecule has 0 aromatic heterocycles. The number of para-hydroxylation sites is 2. The Balaban J connectivity index is 0.000000195. The zero-order valence-corrected chi connectivity index (χ0v) is 24.9. The average Bonchev–Trinajstić information content (AvgIpc) is 2.94. The summed E-state index contributed by atoms with van der Waals surface area (Å²) >= 11 is 0. The van der Waals surface area contributed by atoms with Crippen molar-refractivity contribution in [3.8, 4) is 11.5 Å². The molecule has 0 saturated heterocycles. The Kier molecular flexibility index (Phi) is 12.1. The normalized spacial score (nSPS) is 10.9. The van der Waals surface area contributed by atoms with E-state index in [9.17, 15) is 4.79 Å². The molecule has 5 aromatic rings. The number of aliphatic hydroxyl groups is 1. The van der Waals surface area contributed by atoms with Crippen LogP contribution in [0.4, 0.5) is 0 Å². The van der Waals surface area contributed by atoms with Crippen molar-refractivity contribution in [1.29, 1.82) is 0 Å². The fourth-order valence-electron chi connectivity index (χ4n) is 4.18. The maximum Gasteiger partial charge on any atom is 1.00 e. The minimum atomic E-state index is -1.08. The van der Waals surface area contributed by atoms with Gasteiger partial charge in [0.25, 0.3) is 0 Å². The van der Waals surface area contributed by atoms with Crippen molar-refractivity contribution in [1.82, 2.24) is 0 Å². The summed E-state index contributed by atoms with van der Waals surface area (Å²) in [6.45, 7) is -0.151. The molecule has 1 aliphatic rings. The van der Waals surface area contributed by atoms with Gasteiger partial charge in [-0.2, -0.15) is 0 Å². The zero-order valence-electron chi connectivity index (χ0n) is 20.9. The Morgan fingerprint density at radius 3 is 1.95 bits per heavy atom. The molecule has 6 rings (SSSR count). The van der Waals surface area contributed by atoms with Gasteiger partial charge >= 0.3 is 57.4 Å². The van der Waals surface area contributed by atoms with E-state index in [1.54, 1.807) is 6.07 Å². The Morgan fingerprint density at radius 2 is 1.34 bits per heavy atom. The Bertz CT molecular complexity index is 1450. The molecule has 0 aliphatic carbocycles. The number of esters is 1. The first-order valence-corrected chi connectivity index (χ1v) is 12.4. The molecule has 8 heteroatoms. The zero-order chi connectivity index (χ0) is 26.0. The van der Waals surface area contributed by atoms with E-state index >= 15 is 0 Å². The van der Waals surface area contributed by atoms with E-state index < -0.39 is 14.7 Å². The molecule has 0 unspecified atom stereocenters. The number of hydrogen-bond acceptors (Lipinski definition) is 6. The van der Waals surface area contributed by atoms with E-state index in [1.807, 2.05) is 66.7 Å². The first-order valence-electron chi connectivity index (χ1n) is 11.6. The fraction of sp³-hybridized carbons (Fsp3) is 0.100. The van der Waals surface area contributed by atoms with Crippen LogP contribution in [0.5, 0.6) is 11.5 Å². The number of hydrogen-bond donors (Lipinski definition) is 1. The van der Waals surface area contributed by atoms with Crippen molar-refractivity contribution in [2.75, 3.05) is 13.2 Å². The molecule has 1 aliphatic heterocycles. The number of benzene rings is 5. The van der Waals surface area contributed by atoms with Crippen molar-refractivity contribution in [3.63, 3.8) is 0 Å². The van der Waals surface area contributed by atoms with Gasteiger partial charge in [-0.1, -0.05) is 72.8 Å². The van der Waals surface area contributed by atoms with Crippen LogP contribution in [-0.2, 0) is 15.7 Å². The van der Waals surface area contributed by atoms with Crippen LogP contribution in [0.15, 0.2) is 103 Å². The molecule has 0 saturated carbocycles. The van der Waals surface area contributed by atoms with Gasteiger partial charge < -0.3 is 19.5 Å². The predicted molar refractivity (Wildman–Crippen MR) is 142 cm³/mol. The molecule has 0 bridgehead atoms. The number of ether oxygens (including phenoxy) is 2. The van der Waals surface area contributed by atoms with Gasteiger partial charge in [-0.3, -0.25) is 4.57 Å². The van der Waals surface area contributed by atoms with Crippen molar-refractivity contribution in [2.45, 2.75) is 6.42 Å². The molecule has 0 atom stereocenters. The fourth-order valence-corrected chi connectivity index (χ4v) is 4.18. The molecular formula is C30H24KO6P. The second kappa shape index (κ2) is 15.2. The Hall–Kier alpha value is -2.45. The Morgan fingerprint density at radius 1 is 0.816 bits per heavy atom. The molecule has 186 valence electrons. The van der Waals surface area contributed by atoms with E-state index in [1.165, 1.54) is 11.1 Å². The number of carbonyl (C=O) groups excluding carboxylic acids is 1. The molecular weight excluding hydrogens is 526 g/mol. The minimum absolute atomic E-state index is 0. The van der Waals surface area contributed by atoms with Gasteiger partial charge in [0.1, 0.15) is 18.1 Å². The van der Waals surface area contributed by atoms with Crippen LogP contribution in [0.25, 0.3) is 21.5 Å². The third kappa shape index (κ3) is 7.56. The quantitative estimate of drug-likeness (QED) is 0.158. The first kappa shape index (κ1) is 30.1. The van der Waals surface area contributed by atoms with Crippen molar-refractivity contribution >= 4 is 36.2 Å². The van der Waals surface area contributed by atoms with Crippen LogP contribution in [-0.4, -0.2) is 24.3 Å². The van der Waals surface area contributed by atoms with E-state index in [0.717, 1.165) is 39.5 Å². The molecule has 1 heterocycles. The number of carbonyl (C=O) groups is 1. The summed E-state index contributed by atoms with van der Waals surface area (Å²) in [7, 11) is -1.08. The summed E-state index contributed by atoms with van der Waals surface area (Å²) in [4.78, 5) is 20.4. The van der Waals surface area contributed by atoms with E-state index in [-0.39, 0.29) is 64.6 Å². The van der Waals surface area contributed by atoms with Crippen LogP contribution in [0.1, 0.15) is 21.5 Å². The summed E-state index contributed by atoms with van der Waals surface area (Å²) in [5, 5.41) is 12.8. The molecule has 0 fully saturated rings. The van der Waals surface area contributed by atoms with Crippen LogP contribution in [0.2, 0.25) is 0 Å². The van der Waals surface area contributed by atoms with Gasteiger partial charge in [0, 0.05) is 6.42 Å². The maximum absolute atomic E-state index is 12.0. The predicted octanol–water partition coefficient (Wildman–Crippen LogP) is 3.08. The van der Waals surface area contributed by atoms with Crippen LogP contribution in [0.3, 0.4) is 0 Å². The van der Waals surface area contributed by atoms with Gasteiger partial charge in [0.15, 0.2) is 0 Å². The Labute approximate surface area is 264 Å². The van der Waals surface area contributed by atoms with Crippen LogP contribution in [0, 0.1) is 0 Å². The third-order valence-corrected chi connectivity index (χ3v) is 5.84. The topological polar surface area (TPSA) is 95.9 Å². The second-order valence-corrected chi connectivity index (χ2v) is 8.30. The summed E-state index contributed by atoms with van der Waals surface area (Å²) < 4.78 is 19.1. The average molecular weight is 551 g/mol. The molecule has 0 radical (unpaired) electrons. The summed E-state index contributed by atoms with van der Waals surface area (Å²) in [6.07, 6.45) is 0.979. The van der Waals surface area contributed by atoms with Crippen molar-refractivity contribution < 1.29 is 80.2 Å². The molecule has 5 aromatic carbocycles. The molecule has 38 heavy (non-hydrogen) atoms. The van der Waals surface area contributed by atoms with E-state index in [4.69, 9.17) is 24.0 Å². The SMILES string of the molecule is O=C(OCCO)c1cccc2cc3ccccc3cc12.O=P[O-].[K+].c1ccc2c(c1)Cc1ccccc1O2. The minimum Gasteiger partial charge on any atom is -0.772 e. The molecule has 1 N–H and O–H groups in total. The van der Waals surface area contributed by atoms with Gasteiger partial charge in [-0.15, -0.1) is 0 Å². The van der Waals surface area contributed by atoms with Crippen LogP contribution >= 0.6 is 8.69 Å². The summed E-state index contributed by atoms with van der Waals surface area (Å²) in [6, 6.07) is 34.0. The largest absolute Gasteiger partial charge is 1.00 e. The van der Waals surface area contributed by atoms with Gasteiger partial charge in [-0.25, -0.2) is 4.79 Å². The molecule has 0 amide bonds. The van der Waals surface area contributed by atoms with Crippen molar-refractivity contribution in [3.05, 3.63) is 120 Å². The van der Waals surface area contributed by atoms with E-state index in [0.29, 0.717) is 5.56 Å². The number of aliphatic hydroxyl groups excluding tert-OH is 1. The van der Waals surface area contributed by atoms with Crippen molar-refractivity contribution in [2.24, 2.45) is 0 Å².